The van der Waals surface area contributed by atoms with E-state index in [1.165, 1.54) is 24.3 Å². The van der Waals surface area contributed by atoms with Gasteiger partial charge in [-0.25, -0.2) is 4.39 Å². The molecular weight excluding hydrogens is 423 g/mol. The number of halogens is 2. The second-order valence-electron chi connectivity index (χ2n) is 8.07. The second-order valence-corrected chi connectivity index (χ2v) is 8.51. The Morgan fingerprint density at radius 3 is 2.77 bits per heavy atom. The molecule has 0 radical (unpaired) electrons. The Morgan fingerprint density at radius 2 is 2.06 bits per heavy atom. The van der Waals surface area contributed by atoms with E-state index in [0.29, 0.717) is 48.7 Å². The predicted octanol–water partition coefficient (Wildman–Crippen LogP) is 4.42. The number of carbonyl (C=O) groups is 1. The first-order chi connectivity index (χ1) is 14.8. The fourth-order valence-corrected chi connectivity index (χ4v) is 4.20. The Kier molecular flexibility index (Phi) is 7.89. The highest BCUT2D eigenvalue weighted by atomic mass is 35.5. The third-order valence-electron chi connectivity index (χ3n) is 5.70. The van der Waals surface area contributed by atoms with Gasteiger partial charge in [-0.3, -0.25) is 4.79 Å². The molecule has 168 valence electrons. The summed E-state index contributed by atoms with van der Waals surface area (Å²) in [5.74, 6) is -0.0697. The smallest absolute Gasteiger partial charge is 0.224 e. The molecule has 1 aliphatic rings. The van der Waals surface area contributed by atoms with E-state index in [-0.39, 0.29) is 30.6 Å². The quantitative estimate of drug-likeness (QED) is 0.581. The Hall–Kier alpha value is -2.19. The normalized spacial score (nSPS) is 22.0. The summed E-state index contributed by atoms with van der Waals surface area (Å²) >= 11 is 6.01. The van der Waals surface area contributed by atoms with Gasteiger partial charge in [0.15, 0.2) is 0 Å². The molecule has 0 saturated carbocycles. The van der Waals surface area contributed by atoms with E-state index in [9.17, 15) is 19.5 Å². The van der Waals surface area contributed by atoms with Crippen LogP contribution in [0.15, 0.2) is 42.5 Å². The van der Waals surface area contributed by atoms with Gasteiger partial charge in [0.1, 0.15) is 11.6 Å². The Balaban J connectivity index is 1.62. The summed E-state index contributed by atoms with van der Waals surface area (Å²) in [5.41, 5.74) is 0.266. The number of anilines is 1. The molecule has 2 unspecified atom stereocenters. The summed E-state index contributed by atoms with van der Waals surface area (Å²) in [5, 5.41) is 26.1. The molecule has 3 rings (SSSR count). The van der Waals surface area contributed by atoms with Gasteiger partial charge in [0, 0.05) is 24.0 Å². The number of rotatable bonds is 7. The molecule has 31 heavy (non-hydrogen) atoms. The van der Waals surface area contributed by atoms with Crippen molar-refractivity contribution in [3.05, 3.63) is 58.9 Å². The van der Waals surface area contributed by atoms with Crippen molar-refractivity contribution < 1.29 is 24.2 Å². The van der Waals surface area contributed by atoms with E-state index in [2.05, 4.69) is 5.32 Å². The minimum absolute atomic E-state index is 0.112. The minimum Gasteiger partial charge on any atom is -0.495 e. The van der Waals surface area contributed by atoms with Crippen molar-refractivity contribution in [2.45, 2.75) is 50.2 Å². The molecule has 0 bridgehead atoms. The number of nitrogens with zero attached hydrogens (tertiary/aromatic N) is 1. The van der Waals surface area contributed by atoms with Gasteiger partial charge in [-0.1, -0.05) is 23.7 Å². The maximum Gasteiger partial charge on any atom is 0.224 e. The first kappa shape index (κ1) is 23.5. The van der Waals surface area contributed by atoms with Gasteiger partial charge in [0.2, 0.25) is 5.91 Å². The number of nitrogens with one attached hydrogen (secondary N) is 1. The van der Waals surface area contributed by atoms with Crippen molar-refractivity contribution in [3.8, 4) is 5.75 Å². The summed E-state index contributed by atoms with van der Waals surface area (Å²) in [6, 6.07) is 10.8. The average Bonchev–Trinajstić information content (AvgIpc) is 2.87. The van der Waals surface area contributed by atoms with E-state index in [1.54, 1.807) is 30.3 Å². The first-order valence-electron chi connectivity index (χ1n) is 10.3. The van der Waals surface area contributed by atoms with Crippen LogP contribution >= 0.6 is 11.6 Å². The number of benzene rings is 2. The molecule has 2 atom stereocenters. The van der Waals surface area contributed by atoms with Crippen LogP contribution in [0, 0.1) is 5.82 Å². The zero-order chi connectivity index (χ0) is 22.4. The van der Waals surface area contributed by atoms with Crippen LogP contribution in [0.3, 0.4) is 0 Å². The van der Waals surface area contributed by atoms with Crippen LogP contribution in [0.5, 0.6) is 5.75 Å². The topological polar surface area (TPSA) is 82.0 Å². The maximum absolute atomic E-state index is 13.2. The highest BCUT2D eigenvalue weighted by molar-refractivity contribution is 6.31. The number of hydrogen-bond acceptors (Lipinski definition) is 5. The van der Waals surface area contributed by atoms with Crippen LogP contribution in [0.2, 0.25) is 5.02 Å². The molecule has 1 saturated heterocycles. The van der Waals surface area contributed by atoms with Gasteiger partial charge in [-0.05, 0) is 68.0 Å². The number of aliphatic hydroxyl groups is 1. The zero-order valence-corrected chi connectivity index (χ0v) is 18.2. The highest BCUT2D eigenvalue weighted by Crippen LogP contribution is 2.32. The van der Waals surface area contributed by atoms with Crippen LogP contribution < -0.4 is 10.1 Å². The van der Waals surface area contributed by atoms with Crippen molar-refractivity contribution in [2.24, 2.45) is 0 Å². The monoisotopic (exact) mass is 450 g/mol. The van der Waals surface area contributed by atoms with E-state index in [1.807, 2.05) is 0 Å². The summed E-state index contributed by atoms with van der Waals surface area (Å²) < 4.78 is 18.4. The molecule has 0 aromatic heterocycles. The third kappa shape index (κ3) is 6.64. The first-order valence-corrected chi connectivity index (χ1v) is 10.7. The lowest BCUT2D eigenvalue weighted by Gasteiger charge is -2.31. The van der Waals surface area contributed by atoms with Crippen LogP contribution in [0.4, 0.5) is 10.1 Å². The van der Waals surface area contributed by atoms with E-state index in [0.717, 1.165) is 5.56 Å². The molecule has 2 aromatic rings. The van der Waals surface area contributed by atoms with Gasteiger partial charge in [-0.15, -0.1) is 0 Å². The predicted molar refractivity (Wildman–Crippen MR) is 117 cm³/mol. The molecule has 1 amide bonds. The molecule has 0 aliphatic carbocycles. The van der Waals surface area contributed by atoms with Gasteiger partial charge < -0.3 is 20.4 Å². The van der Waals surface area contributed by atoms with Gasteiger partial charge in [-0.2, -0.15) is 5.06 Å². The summed E-state index contributed by atoms with van der Waals surface area (Å²) in [7, 11) is 1.51. The summed E-state index contributed by atoms with van der Waals surface area (Å²) in [6.07, 6.45) is 2.25. The molecule has 1 fully saturated rings. The standard InChI is InChI=1S/C23H28ClFN2O4/c1-31-21-8-5-17(24)14-20(21)26-22(28)9-11-23(29)10-2-12-27(30)19(15-23)13-16-3-6-18(25)7-4-16/h3-8,14,19,29-30H,2,9-13,15H2,1H3,(H,26,28). The van der Waals surface area contributed by atoms with Gasteiger partial charge >= 0.3 is 0 Å². The fraction of sp³-hybridized carbons (Fsp3) is 0.435. The molecule has 2 aromatic carbocycles. The van der Waals surface area contributed by atoms with Crippen molar-refractivity contribution >= 4 is 23.2 Å². The van der Waals surface area contributed by atoms with Crippen LogP contribution in [0.25, 0.3) is 0 Å². The lowest BCUT2D eigenvalue weighted by Crippen LogP contribution is -2.39. The largest absolute Gasteiger partial charge is 0.495 e. The summed E-state index contributed by atoms with van der Waals surface area (Å²) in [6.45, 7) is 0.431. The SMILES string of the molecule is COc1ccc(Cl)cc1NC(=O)CCC1(O)CCCN(O)C(Cc2ccc(F)cc2)C1. The van der Waals surface area contributed by atoms with Crippen molar-refractivity contribution in [1.29, 1.82) is 0 Å². The van der Waals surface area contributed by atoms with Crippen molar-refractivity contribution in [2.75, 3.05) is 19.0 Å². The van der Waals surface area contributed by atoms with Crippen LogP contribution in [-0.4, -0.2) is 46.6 Å². The number of hydroxylamine groups is 2. The van der Waals surface area contributed by atoms with Crippen LogP contribution in [-0.2, 0) is 11.2 Å². The molecular formula is C23H28ClFN2O4. The Morgan fingerprint density at radius 1 is 1.32 bits per heavy atom. The number of methoxy groups -OCH3 is 1. The van der Waals surface area contributed by atoms with E-state index in [4.69, 9.17) is 16.3 Å². The fourth-order valence-electron chi connectivity index (χ4n) is 4.03. The molecule has 3 N–H and O–H groups in total. The molecule has 1 heterocycles. The number of amides is 1. The third-order valence-corrected chi connectivity index (χ3v) is 5.94. The Labute approximate surface area is 186 Å². The van der Waals surface area contributed by atoms with Gasteiger partial charge in [0.25, 0.3) is 0 Å². The van der Waals surface area contributed by atoms with Crippen molar-refractivity contribution in [1.82, 2.24) is 5.06 Å². The molecule has 6 nitrogen and oxygen atoms in total. The van der Waals surface area contributed by atoms with Gasteiger partial charge in [0.05, 0.1) is 18.4 Å². The number of ether oxygens (including phenoxy) is 1. The Bertz CT molecular complexity index is 896. The van der Waals surface area contributed by atoms with E-state index >= 15 is 0 Å². The van der Waals surface area contributed by atoms with Crippen LogP contribution in [0.1, 0.15) is 37.7 Å². The molecule has 8 heteroatoms. The minimum atomic E-state index is -1.09. The van der Waals surface area contributed by atoms with Crippen molar-refractivity contribution in [3.63, 3.8) is 0 Å². The number of hydrogen-bond donors (Lipinski definition) is 3. The molecule has 0 spiro atoms. The zero-order valence-electron chi connectivity index (χ0n) is 17.5. The lowest BCUT2D eigenvalue weighted by molar-refractivity contribution is -0.133. The van der Waals surface area contributed by atoms with E-state index < -0.39 is 5.60 Å². The second kappa shape index (κ2) is 10.4. The molecule has 1 aliphatic heterocycles. The maximum atomic E-state index is 13.2. The lowest BCUT2D eigenvalue weighted by atomic mass is 9.85. The average molecular weight is 451 g/mol. The highest BCUT2D eigenvalue weighted by Gasteiger charge is 2.36. The summed E-state index contributed by atoms with van der Waals surface area (Å²) in [4.78, 5) is 12.5. The number of carbonyl (C=O) groups excluding carboxylic acids is 1.